The van der Waals surface area contributed by atoms with Crippen LogP contribution in [0.1, 0.15) is 57.8 Å². The number of H-pyrrole nitrogens is 1. The third kappa shape index (κ3) is 5.05. The molecule has 0 aliphatic carbocycles. The number of carboxylic acids is 1. The molecule has 2 aromatic heterocycles. The summed E-state index contributed by atoms with van der Waals surface area (Å²) < 4.78 is 7.92. The third-order valence-corrected chi connectivity index (χ3v) is 8.25. The number of benzene rings is 2. The van der Waals surface area contributed by atoms with Gasteiger partial charge in [-0.25, -0.2) is 4.79 Å². The summed E-state index contributed by atoms with van der Waals surface area (Å²) in [5, 5.41) is 16.6. The number of ether oxygens (including phenoxy) is 1. The number of aromatic amines is 1. The zero-order chi connectivity index (χ0) is 27.0. The molecule has 5 rings (SSSR count). The molecule has 1 aliphatic rings. The summed E-state index contributed by atoms with van der Waals surface area (Å²) in [4.78, 5) is 18.0. The molecule has 0 unspecified atom stereocenters. The lowest BCUT2D eigenvalue weighted by Crippen LogP contribution is -2.19. The molecule has 4 aromatic rings. The number of nitrogens with one attached hydrogen (secondary N) is 1. The van der Waals surface area contributed by atoms with Crippen LogP contribution in [0.15, 0.2) is 30.3 Å². The number of carbonyl (C=O) groups is 1. The molecular formula is C30H35ClN4O3. The first-order valence-corrected chi connectivity index (χ1v) is 13.6. The van der Waals surface area contributed by atoms with Crippen molar-refractivity contribution in [3.63, 3.8) is 0 Å². The number of aromatic nitrogens is 3. The van der Waals surface area contributed by atoms with Gasteiger partial charge in [0, 0.05) is 40.8 Å². The first kappa shape index (κ1) is 26.3. The van der Waals surface area contributed by atoms with Gasteiger partial charge in [0.2, 0.25) is 0 Å². The van der Waals surface area contributed by atoms with Crippen molar-refractivity contribution >= 4 is 28.5 Å². The van der Waals surface area contributed by atoms with Gasteiger partial charge in [0.1, 0.15) is 11.4 Å². The van der Waals surface area contributed by atoms with E-state index >= 15 is 0 Å². The SMILES string of the molecule is Cc1cc(OCCCc2c(C(=O)O)[nH]c3c(-c4c(CN5CCCC5)nn(C)c4C)cccc23)cc(C)c1Cl. The normalized spacial score (nSPS) is 14.0. The minimum atomic E-state index is -0.952. The fraction of sp³-hybridized carbons (Fsp3) is 0.400. The lowest BCUT2D eigenvalue weighted by Gasteiger charge is -2.14. The Hall–Kier alpha value is -3.29. The molecule has 0 spiro atoms. The molecule has 1 saturated heterocycles. The van der Waals surface area contributed by atoms with Crippen LogP contribution in [0.3, 0.4) is 0 Å². The van der Waals surface area contributed by atoms with E-state index in [1.165, 1.54) is 12.8 Å². The van der Waals surface area contributed by atoms with Gasteiger partial charge >= 0.3 is 5.97 Å². The number of likely N-dealkylation sites (tertiary alicyclic amines) is 1. The summed E-state index contributed by atoms with van der Waals surface area (Å²) in [5.41, 5.74) is 8.06. The number of aromatic carboxylic acids is 1. The summed E-state index contributed by atoms with van der Waals surface area (Å²) >= 11 is 6.28. The zero-order valence-electron chi connectivity index (χ0n) is 22.5. The molecule has 2 aromatic carbocycles. The van der Waals surface area contributed by atoms with Crippen LogP contribution in [0.4, 0.5) is 0 Å². The second-order valence-electron chi connectivity index (χ2n) is 10.3. The van der Waals surface area contributed by atoms with Crippen LogP contribution in [0.25, 0.3) is 22.0 Å². The number of carboxylic acid groups (broad SMARTS) is 1. The Labute approximate surface area is 228 Å². The van der Waals surface area contributed by atoms with E-state index in [2.05, 4.69) is 22.9 Å². The average Bonchev–Trinajstić information content (AvgIpc) is 3.59. The molecule has 3 heterocycles. The van der Waals surface area contributed by atoms with Gasteiger partial charge in [-0.05, 0) is 88.4 Å². The second-order valence-corrected chi connectivity index (χ2v) is 10.7. The summed E-state index contributed by atoms with van der Waals surface area (Å²) in [6, 6.07) is 9.97. The van der Waals surface area contributed by atoms with E-state index in [4.69, 9.17) is 21.4 Å². The van der Waals surface area contributed by atoms with Crippen LogP contribution in [0.2, 0.25) is 5.02 Å². The largest absolute Gasteiger partial charge is 0.494 e. The average molecular weight is 535 g/mol. The lowest BCUT2D eigenvalue weighted by molar-refractivity contribution is 0.0690. The number of hydrogen-bond acceptors (Lipinski definition) is 4. The second kappa shape index (κ2) is 10.8. The van der Waals surface area contributed by atoms with Crippen molar-refractivity contribution in [3.05, 3.63) is 69.1 Å². The van der Waals surface area contributed by atoms with Crippen LogP contribution in [-0.4, -0.2) is 50.4 Å². The Morgan fingerprint density at radius 3 is 2.55 bits per heavy atom. The highest BCUT2D eigenvalue weighted by molar-refractivity contribution is 6.32. The molecule has 7 nitrogen and oxygen atoms in total. The molecule has 1 aliphatic heterocycles. The highest BCUT2D eigenvalue weighted by atomic mass is 35.5. The molecule has 0 saturated carbocycles. The summed E-state index contributed by atoms with van der Waals surface area (Å²) in [6.45, 7) is 9.46. The molecule has 38 heavy (non-hydrogen) atoms. The lowest BCUT2D eigenvalue weighted by atomic mass is 9.98. The molecule has 0 radical (unpaired) electrons. The molecule has 0 bridgehead atoms. The highest BCUT2D eigenvalue weighted by Gasteiger charge is 2.24. The highest BCUT2D eigenvalue weighted by Crippen LogP contribution is 2.36. The maximum atomic E-state index is 12.3. The first-order valence-electron chi connectivity index (χ1n) is 13.3. The van der Waals surface area contributed by atoms with Crippen molar-refractivity contribution in [2.45, 2.75) is 53.0 Å². The van der Waals surface area contributed by atoms with Crippen molar-refractivity contribution in [3.8, 4) is 16.9 Å². The molecule has 200 valence electrons. The van der Waals surface area contributed by atoms with E-state index in [9.17, 15) is 9.90 Å². The smallest absolute Gasteiger partial charge is 0.352 e. The third-order valence-electron chi connectivity index (χ3n) is 7.65. The molecule has 1 fully saturated rings. The van der Waals surface area contributed by atoms with E-state index in [1.54, 1.807) is 0 Å². The quantitative estimate of drug-likeness (QED) is 0.241. The maximum Gasteiger partial charge on any atom is 0.352 e. The van der Waals surface area contributed by atoms with E-state index in [0.717, 1.165) is 80.5 Å². The number of rotatable bonds is 9. The minimum absolute atomic E-state index is 0.244. The van der Waals surface area contributed by atoms with Gasteiger partial charge in [0.25, 0.3) is 0 Å². The fourth-order valence-electron chi connectivity index (χ4n) is 5.64. The Kier molecular flexibility index (Phi) is 7.50. The first-order chi connectivity index (χ1) is 18.2. The van der Waals surface area contributed by atoms with E-state index < -0.39 is 5.97 Å². The van der Waals surface area contributed by atoms with Crippen molar-refractivity contribution < 1.29 is 14.6 Å². The van der Waals surface area contributed by atoms with Crippen LogP contribution in [-0.2, 0) is 20.0 Å². The Morgan fingerprint density at radius 1 is 1.16 bits per heavy atom. The number of fused-ring (bicyclic) bond motifs is 1. The standard InChI is InChI=1S/C30H35ClN4O3/c1-18-15-21(16-19(2)27(18)31)38-14-8-11-23-22-9-7-10-24(28(22)32-29(23)30(36)37)26-20(3)34(4)33-25(26)17-35-12-5-6-13-35/h7,9-10,15-16,32H,5-6,8,11-14,17H2,1-4H3,(H,36,37). The zero-order valence-corrected chi connectivity index (χ0v) is 23.3. The maximum absolute atomic E-state index is 12.3. The number of aryl methyl sites for hydroxylation is 4. The van der Waals surface area contributed by atoms with Crippen LogP contribution < -0.4 is 4.74 Å². The molecule has 8 heteroatoms. The van der Waals surface area contributed by atoms with Crippen molar-refractivity contribution in [1.82, 2.24) is 19.7 Å². The topological polar surface area (TPSA) is 83.4 Å². The fourth-order valence-corrected chi connectivity index (χ4v) is 5.75. The van der Waals surface area contributed by atoms with E-state index in [0.29, 0.717) is 19.4 Å². The van der Waals surface area contributed by atoms with Gasteiger partial charge in [-0.15, -0.1) is 0 Å². The van der Waals surface area contributed by atoms with Crippen molar-refractivity contribution in [1.29, 1.82) is 0 Å². The minimum Gasteiger partial charge on any atom is -0.494 e. The van der Waals surface area contributed by atoms with Gasteiger partial charge in [-0.3, -0.25) is 9.58 Å². The monoisotopic (exact) mass is 534 g/mol. The van der Waals surface area contributed by atoms with Gasteiger partial charge in [-0.1, -0.05) is 29.8 Å². The van der Waals surface area contributed by atoms with Gasteiger partial charge < -0.3 is 14.8 Å². The van der Waals surface area contributed by atoms with Crippen molar-refractivity contribution in [2.75, 3.05) is 19.7 Å². The number of para-hydroxylation sites is 1. The molecule has 0 amide bonds. The molecule has 2 N–H and O–H groups in total. The van der Waals surface area contributed by atoms with Gasteiger partial charge in [0.05, 0.1) is 17.8 Å². The van der Waals surface area contributed by atoms with Crippen LogP contribution in [0, 0.1) is 20.8 Å². The van der Waals surface area contributed by atoms with E-state index in [-0.39, 0.29) is 5.69 Å². The molecular weight excluding hydrogens is 500 g/mol. The number of nitrogens with zero attached hydrogens (tertiary/aromatic N) is 3. The predicted molar refractivity (Wildman–Crippen MR) is 151 cm³/mol. The summed E-state index contributed by atoms with van der Waals surface area (Å²) in [6.07, 6.45) is 3.72. The van der Waals surface area contributed by atoms with E-state index in [1.807, 2.05) is 49.8 Å². The van der Waals surface area contributed by atoms with Gasteiger partial charge in [-0.2, -0.15) is 5.10 Å². The van der Waals surface area contributed by atoms with Crippen LogP contribution >= 0.6 is 11.6 Å². The predicted octanol–water partition coefficient (Wildman–Crippen LogP) is 6.45. The Morgan fingerprint density at radius 2 is 1.87 bits per heavy atom. The Bertz CT molecular complexity index is 1470. The van der Waals surface area contributed by atoms with Crippen LogP contribution in [0.5, 0.6) is 5.75 Å². The number of halogens is 1. The summed E-state index contributed by atoms with van der Waals surface area (Å²) in [5.74, 6) is -0.172. The summed E-state index contributed by atoms with van der Waals surface area (Å²) in [7, 11) is 1.97. The number of hydrogen-bond donors (Lipinski definition) is 2. The Balaban J connectivity index is 1.44. The molecule has 0 atom stereocenters. The van der Waals surface area contributed by atoms with Gasteiger partial charge in [0.15, 0.2) is 0 Å². The van der Waals surface area contributed by atoms with Crippen molar-refractivity contribution in [2.24, 2.45) is 7.05 Å².